The number of anilines is 1. The first-order chi connectivity index (χ1) is 8.70. The molecule has 1 aromatic carbocycles. The third-order valence-corrected chi connectivity index (χ3v) is 4.85. The van der Waals surface area contributed by atoms with E-state index >= 15 is 0 Å². The molecule has 1 heterocycles. The Balaban J connectivity index is 2.41. The van der Waals surface area contributed by atoms with E-state index in [2.05, 4.69) is 15.9 Å². The van der Waals surface area contributed by atoms with Gasteiger partial charge in [-0.1, -0.05) is 0 Å². The van der Waals surface area contributed by atoms with Gasteiger partial charge in [0.1, 0.15) is 16.9 Å². The zero-order valence-corrected chi connectivity index (χ0v) is 11.8. The molecule has 0 bridgehead atoms. The molecule has 1 unspecified atom stereocenters. The topological polar surface area (TPSA) is 80.5 Å². The van der Waals surface area contributed by atoms with Crippen LogP contribution in [0.3, 0.4) is 0 Å². The second-order valence-electron chi connectivity index (χ2n) is 4.14. The average Bonchev–Trinajstić information content (AvgIpc) is 2.65. The fraction of sp³-hybridized carbons (Fsp3) is 0.300. The Hall–Kier alpha value is -1.06. The number of halogens is 3. The number of carbonyl (C=O) groups is 1. The lowest BCUT2D eigenvalue weighted by Gasteiger charge is -2.18. The van der Waals surface area contributed by atoms with Gasteiger partial charge in [0.05, 0.1) is 10.2 Å². The molecule has 1 amide bonds. The highest BCUT2D eigenvalue weighted by Crippen LogP contribution is 2.33. The van der Waals surface area contributed by atoms with E-state index in [1.165, 1.54) is 0 Å². The largest absolute Gasteiger partial charge is 0.310 e. The summed E-state index contributed by atoms with van der Waals surface area (Å²) in [4.78, 5) is 12.8. The van der Waals surface area contributed by atoms with Crippen LogP contribution in [0.2, 0.25) is 0 Å². The van der Waals surface area contributed by atoms with Crippen LogP contribution >= 0.6 is 15.9 Å². The van der Waals surface area contributed by atoms with E-state index in [1.807, 2.05) is 0 Å². The van der Waals surface area contributed by atoms with Crippen LogP contribution in [0.5, 0.6) is 0 Å². The Kier molecular flexibility index (Phi) is 3.63. The highest BCUT2D eigenvalue weighted by molar-refractivity contribution is 9.10. The second kappa shape index (κ2) is 4.80. The molecule has 5 nitrogen and oxygen atoms in total. The van der Waals surface area contributed by atoms with Crippen molar-refractivity contribution in [3.8, 4) is 0 Å². The first-order valence-corrected chi connectivity index (χ1v) is 7.57. The number of rotatable bonds is 2. The molecule has 0 aromatic heterocycles. The fourth-order valence-corrected chi connectivity index (χ4v) is 3.04. The predicted molar refractivity (Wildman–Crippen MR) is 67.9 cm³/mol. The van der Waals surface area contributed by atoms with Crippen LogP contribution in [0.25, 0.3) is 0 Å². The number of hydrogen-bond acceptors (Lipinski definition) is 3. The van der Waals surface area contributed by atoms with E-state index in [4.69, 9.17) is 5.14 Å². The van der Waals surface area contributed by atoms with Gasteiger partial charge in [0.15, 0.2) is 0 Å². The van der Waals surface area contributed by atoms with E-state index in [9.17, 15) is 22.0 Å². The van der Waals surface area contributed by atoms with E-state index in [1.54, 1.807) is 0 Å². The van der Waals surface area contributed by atoms with Crippen LogP contribution in [0.1, 0.15) is 6.42 Å². The maximum absolute atomic E-state index is 13.4. The maximum Gasteiger partial charge on any atom is 0.228 e. The minimum Gasteiger partial charge on any atom is -0.310 e. The molecule has 1 atom stereocenters. The molecule has 104 valence electrons. The summed E-state index contributed by atoms with van der Waals surface area (Å²) in [5.41, 5.74) is -0.0475. The monoisotopic (exact) mass is 354 g/mol. The van der Waals surface area contributed by atoms with Gasteiger partial charge in [-0.3, -0.25) is 4.79 Å². The highest BCUT2D eigenvalue weighted by atomic mass is 79.9. The highest BCUT2D eigenvalue weighted by Gasteiger charge is 2.38. The van der Waals surface area contributed by atoms with Crippen molar-refractivity contribution < 1.29 is 22.0 Å². The van der Waals surface area contributed by atoms with Gasteiger partial charge in [-0.2, -0.15) is 0 Å². The molecule has 1 aliphatic heterocycles. The van der Waals surface area contributed by atoms with Crippen molar-refractivity contribution in [2.45, 2.75) is 11.7 Å². The SMILES string of the molecule is NS(=O)(=O)C1CC(=O)N(c2cc(F)cc(F)c2Br)C1. The van der Waals surface area contributed by atoms with Crippen molar-refractivity contribution in [2.24, 2.45) is 5.14 Å². The molecule has 2 N–H and O–H groups in total. The molecular weight excluding hydrogens is 346 g/mol. The van der Waals surface area contributed by atoms with Crippen LogP contribution in [-0.2, 0) is 14.8 Å². The molecule has 19 heavy (non-hydrogen) atoms. The Morgan fingerprint density at radius 3 is 2.53 bits per heavy atom. The molecular formula is C10H9BrF2N2O3S. The number of nitrogens with zero attached hydrogens (tertiary/aromatic N) is 1. The number of nitrogens with two attached hydrogens (primary N) is 1. The van der Waals surface area contributed by atoms with Gasteiger partial charge in [0.25, 0.3) is 0 Å². The summed E-state index contributed by atoms with van der Waals surface area (Å²) >= 11 is 2.91. The minimum absolute atomic E-state index is 0.0475. The van der Waals surface area contributed by atoms with E-state index < -0.39 is 32.8 Å². The summed E-state index contributed by atoms with van der Waals surface area (Å²) < 4.78 is 48.9. The van der Waals surface area contributed by atoms with Crippen molar-refractivity contribution in [1.29, 1.82) is 0 Å². The molecule has 2 rings (SSSR count). The first-order valence-electron chi connectivity index (χ1n) is 5.16. The smallest absolute Gasteiger partial charge is 0.228 e. The number of hydrogen-bond donors (Lipinski definition) is 1. The average molecular weight is 355 g/mol. The lowest BCUT2D eigenvalue weighted by molar-refractivity contribution is -0.117. The first kappa shape index (κ1) is 14.4. The van der Waals surface area contributed by atoms with Crippen molar-refractivity contribution in [3.05, 3.63) is 28.2 Å². The van der Waals surface area contributed by atoms with Crippen LogP contribution in [-0.4, -0.2) is 26.1 Å². The molecule has 0 aliphatic carbocycles. The normalized spacial score (nSPS) is 20.1. The van der Waals surface area contributed by atoms with Crippen LogP contribution < -0.4 is 10.0 Å². The van der Waals surface area contributed by atoms with Gasteiger partial charge in [-0.05, 0) is 22.0 Å². The molecule has 1 fully saturated rings. The zero-order valence-electron chi connectivity index (χ0n) is 9.44. The van der Waals surface area contributed by atoms with E-state index in [-0.39, 0.29) is 23.1 Å². The summed E-state index contributed by atoms with van der Waals surface area (Å²) in [6.45, 7) is -0.223. The zero-order chi connectivity index (χ0) is 14.4. The van der Waals surface area contributed by atoms with Crippen LogP contribution in [0, 0.1) is 11.6 Å². The van der Waals surface area contributed by atoms with Gasteiger partial charge < -0.3 is 4.90 Å². The Bertz CT molecular complexity index is 650. The van der Waals surface area contributed by atoms with E-state index in [0.717, 1.165) is 11.0 Å². The fourth-order valence-electron chi connectivity index (χ4n) is 1.87. The molecule has 9 heteroatoms. The van der Waals surface area contributed by atoms with Gasteiger partial charge >= 0.3 is 0 Å². The summed E-state index contributed by atoms with van der Waals surface area (Å²) in [5, 5.41) is 3.90. The maximum atomic E-state index is 13.4. The van der Waals surface area contributed by atoms with Crippen molar-refractivity contribution >= 4 is 37.5 Å². The Morgan fingerprint density at radius 2 is 2.00 bits per heavy atom. The predicted octanol–water partition coefficient (Wildman–Crippen LogP) is 1.12. The summed E-state index contributed by atoms with van der Waals surface area (Å²) in [6, 6.07) is 1.61. The van der Waals surface area contributed by atoms with Gasteiger partial charge in [0, 0.05) is 19.0 Å². The van der Waals surface area contributed by atoms with Crippen molar-refractivity contribution in [1.82, 2.24) is 0 Å². The van der Waals surface area contributed by atoms with Gasteiger partial charge in [-0.15, -0.1) is 0 Å². The van der Waals surface area contributed by atoms with Gasteiger partial charge in [0.2, 0.25) is 15.9 Å². The lowest BCUT2D eigenvalue weighted by atomic mass is 10.2. The van der Waals surface area contributed by atoms with Crippen molar-refractivity contribution in [3.63, 3.8) is 0 Å². The number of primary sulfonamides is 1. The van der Waals surface area contributed by atoms with E-state index in [0.29, 0.717) is 6.07 Å². The molecule has 1 aromatic rings. The molecule has 0 spiro atoms. The summed E-state index contributed by atoms with van der Waals surface area (Å²) in [5.74, 6) is -2.28. The lowest BCUT2D eigenvalue weighted by Crippen LogP contribution is -2.32. The number of benzene rings is 1. The van der Waals surface area contributed by atoms with Crippen LogP contribution in [0.4, 0.5) is 14.5 Å². The molecule has 1 aliphatic rings. The standard InChI is InChI=1S/C10H9BrF2N2O3S/c11-10-7(13)1-5(12)2-8(10)15-4-6(3-9(15)16)19(14,17)18/h1-2,6H,3-4H2,(H2,14,17,18). The summed E-state index contributed by atoms with van der Waals surface area (Å²) in [7, 11) is -3.87. The Labute approximate surface area is 116 Å². The second-order valence-corrected chi connectivity index (χ2v) is 6.78. The molecule has 0 saturated carbocycles. The van der Waals surface area contributed by atoms with Gasteiger partial charge in [-0.25, -0.2) is 22.3 Å². The molecule has 1 saturated heterocycles. The van der Waals surface area contributed by atoms with Crippen molar-refractivity contribution in [2.75, 3.05) is 11.4 Å². The molecule has 0 radical (unpaired) electrons. The summed E-state index contributed by atoms with van der Waals surface area (Å²) in [6.07, 6.45) is -0.302. The van der Waals surface area contributed by atoms with Crippen LogP contribution in [0.15, 0.2) is 16.6 Å². The quantitative estimate of drug-likeness (QED) is 0.808. The third-order valence-electron chi connectivity index (χ3n) is 2.82. The number of carbonyl (C=O) groups excluding carboxylic acids is 1. The Morgan fingerprint density at radius 1 is 1.37 bits per heavy atom. The third kappa shape index (κ3) is 2.77. The number of sulfonamides is 1. The minimum atomic E-state index is -3.87. The number of amides is 1.